The summed E-state index contributed by atoms with van der Waals surface area (Å²) in [4.78, 5) is 49.0. The van der Waals surface area contributed by atoms with Crippen LogP contribution in [0.4, 0.5) is 13.2 Å². The van der Waals surface area contributed by atoms with Crippen molar-refractivity contribution in [2.75, 3.05) is 13.7 Å². The molecule has 1 amide bonds. The summed E-state index contributed by atoms with van der Waals surface area (Å²) in [5, 5.41) is 3.76. The van der Waals surface area contributed by atoms with Crippen LogP contribution in [0.5, 0.6) is 0 Å². The molecule has 12 heteroatoms. The fraction of sp³-hybridized carbons (Fsp3) is 0.333. The summed E-state index contributed by atoms with van der Waals surface area (Å²) in [7, 11) is 0.650. The number of rotatable bonds is 5. The monoisotopic (exact) mass is 429 g/mol. The molecule has 0 radical (unpaired) electrons. The maximum Gasteiger partial charge on any atom is 0.427 e. The van der Waals surface area contributed by atoms with E-state index < -0.39 is 40.7 Å². The van der Waals surface area contributed by atoms with E-state index in [2.05, 4.69) is 14.6 Å². The second kappa shape index (κ2) is 8.43. The van der Waals surface area contributed by atoms with Crippen molar-refractivity contribution < 1.29 is 37.0 Å². The van der Waals surface area contributed by atoms with Crippen molar-refractivity contribution >= 4 is 17.8 Å². The van der Waals surface area contributed by atoms with E-state index in [0.29, 0.717) is 7.11 Å². The molecule has 30 heavy (non-hydrogen) atoms. The summed E-state index contributed by atoms with van der Waals surface area (Å²) in [6, 6.07) is 7.58. The number of aromatic nitrogens is 2. The van der Waals surface area contributed by atoms with Crippen LogP contribution in [0.25, 0.3) is 5.69 Å². The first kappa shape index (κ1) is 22.7. The lowest BCUT2D eigenvalue weighted by Gasteiger charge is -2.32. The molecule has 9 nitrogen and oxygen atoms in total. The number of carbonyl (C=O) groups is 3. The average Bonchev–Trinajstić information content (AvgIpc) is 2.99. The largest absolute Gasteiger partial charge is 0.467 e. The van der Waals surface area contributed by atoms with Crippen molar-refractivity contribution in [3.63, 3.8) is 0 Å². The van der Waals surface area contributed by atoms with E-state index >= 15 is 0 Å². The molecule has 2 aromatic rings. The molecule has 1 heterocycles. The van der Waals surface area contributed by atoms with Gasteiger partial charge < -0.3 is 14.8 Å². The van der Waals surface area contributed by atoms with Crippen molar-refractivity contribution in [2.45, 2.75) is 25.6 Å². The molecular formula is C18H18F3N3O6. The lowest BCUT2D eigenvalue weighted by molar-refractivity contribution is -0.216. The van der Waals surface area contributed by atoms with Gasteiger partial charge in [-0.15, -0.1) is 0 Å². The molecule has 162 valence electrons. The lowest BCUT2D eigenvalue weighted by atomic mass is 9.88. The van der Waals surface area contributed by atoms with Crippen LogP contribution in [0.1, 0.15) is 18.2 Å². The van der Waals surface area contributed by atoms with Crippen LogP contribution in [0, 0.1) is 6.92 Å². The summed E-state index contributed by atoms with van der Waals surface area (Å²) < 4.78 is 52.2. The fourth-order valence-electron chi connectivity index (χ4n) is 2.86. The number of methoxy groups -OCH3 is 1. The molecule has 1 atom stereocenters. The number of hydrogen-bond donors (Lipinski definition) is 2. The predicted octanol–water partition coefficient (Wildman–Crippen LogP) is 1.08. The number of alkyl halides is 3. The number of benzene rings is 1. The van der Waals surface area contributed by atoms with Crippen molar-refractivity contribution in [1.29, 1.82) is 0 Å². The van der Waals surface area contributed by atoms with Gasteiger partial charge in [0.25, 0.3) is 11.1 Å². The molecule has 0 aliphatic carbocycles. The first-order valence-electron chi connectivity index (χ1n) is 8.53. The normalized spacial score (nSPS) is 13.3. The Kier molecular flexibility index (Phi) is 6.38. The smallest absolute Gasteiger partial charge is 0.427 e. The third kappa shape index (κ3) is 3.80. The Morgan fingerprint density at radius 2 is 1.77 bits per heavy atom. The molecule has 1 aromatic carbocycles. The lowest BCUT2D eigenvalue weighted by Crippen LogP contribution is -2.64. The number of hydrogen-bond acceptors (Lipinski definition) is 6. The predicted molar refractivity (Wildman–Crippen MR) is 95.7 cm³/mol. The van der Waals surface area contributed by atoms with Gasteiger partial charge in [0.05, 0.1) is 25.0 Å². The van der Waals surface area contributed by atoms with Crippen LogP contribution in [0.3, 0.4) is 0 Å². The summed E-state index contributed by atoms with van der Waals surface area (Å²) >= 11 is 0. The van der Waals surface area contributed by atoms with Crippen molar-refractivity contribution in [2.24, 2.45) is 0 Å². The highest BCUT2D eigenvalue weighted by Gasteiger charge is 2.67. The minimum atomic E-state index is -5.55. The molecule has 2 rings (SSSR count). The second-order valence-electron chi connectivity index (χ2n) is 6.00. The van der Waals surface area contributed by atoms with Gasteiger partial charge in [-0.25, -0.2) is 14.3 Å². The number of aromatic amines is 1. The SMILES string of the molecule is CCOC(=O)C(=O)NC(C(=O)OC)(c1c(C)[nH]n(-c2ccccc2)c1=O)C(F)(F)F. The Bertz CT molecular complexity index is 1010. The highest BCUT2D eigenvalue weighted by molar-refractivity contribution is 6.33. The van der Waals surface area contributed by atoms with Gasteiger partial charge in [0.15, 0.2) is 0 Å². The van der Waals surface area contributed by atoms with E-state index in [0.717, 1.165) is 11.6 Å². The average molecular weight is 429 g/mol. The third-order valence-corrected chi connectivity index (χ3v) is 4.14. The van der Waals surface area contributed by atoms with Crippen LogP contribution >= 0.6 is 0 Å². The minimum absolute atomic E-state index is 0.175. The van der Waals surface area contributed by atoms with Gasteiger partial charge in [-0.1, -0.05) is 18.2 Å². The molecule has 0 fully saturated rings. The maximum absolute atomic E-state index is 14.2. The zero-order chi connectivity index (χ0) is 22.7. The number of aryl methyl sites for hydroxylation is 1. The van der Waals surface area contributed by atoms with E-state index in [4.69, 9.17) is 0 Å². The molecular weight excluding hydrogens is 411 g/mol. The summed E-state index contributed by atoms with van der Waals surface area (Å²) in [6.07, 6.45) is -5.55. The van der Waals surface area contributed by atoms with Crippen molar-refractivity contribution in [3.05, 3.63) is 51.9 Å². The van der Waals surface area contributed by atoms with Gasteiger partial charge in [0.1, 0.15) is 0 Å². The van der Waals surface area contributed by atoms with Crippen LogP contribution < -0.4 is 10.9 Å². The quantitative estimate of drug-likeness (QED) is 0.542. The number of amides is 1. The Morgan fingerprint density at radius 3 is 2.27 bits per heavy atom. The van der Waals surface area contributed by atoms with Gasteiger partial charge in [-0.2, -0.15) is 13.2 Å². The number of nitrogens with zero attached hydrogens (tertiary/aromatic N) is 1. The van der Waals surface area contributed by atoms with E-state index in [9.17, 15) is 32.3 Å². The first-order chi connectivity index (χ1) is 14.0. The number of esters is 2. The van der Waals surface area contributed by atoms with Gasteiger partial charge in [-0.3, -0.25) is 14.7 Å². The standard InChI is InChI=1S/C18H18F3N3O6/c1-4-30-15(27)13(25)22-17(16(28)29-3,18(19,20)21)12-10(2)23-24(14(12)26)11-8-6-5-7-9-11/h5-9,23H,4H2,1-3H3,(H,22,25). The molecule has 0 saturated heterocycles. The Balaban J connectivity index is 2.80. The van der Waals surface area contributed by atoms with E-state index in [1.54, 1.807) is 6.07 Å². The zero-order valence-corrected chi connectivity index (χ0v) is 16.1. The van der Waals surface area contributed by atoms with E-state index in [1.165, 1.54) is 36.5 Å². The topological polar surface area (TPSA) is 119 Å². The molecule has 0 spiro atoms. The maximum atomic E-state index is 14.2. The summed E-state index contributed by atoms with van der Waals surface area (Å²) in [5.74, 6) is -5.54. The molecule has 2 N–H and O–H groups in total. The van der Waals surface area contributed by atoms with Crippen molar-refractivity contribution in [3.8, 4) is 5.69 Å². The molecule has 0 aliphatic rings. The van der Waals surface area contributed by atoms with Crippen LogP contribution in [0.2, 0.25) is 0 Å². The number of H-pyrrole nitrogens is 1. The highest BCUT2D eigenvalue weighted by atomic mass is 19.4. The summed E-state index contributed by atoms with van der Waals surface area (Å²) in [6.45, 7) is 2.14. The molecule has 0 bridgehead atoms. The van der Waals surface area contributed by atoms with Gasteiger partial charge in [0, 0.05) is 5.69 Å². The van der Waals surface area contributed by atoms with E-state index in [1.807, 2.05) is 0 Å². The molecule has 0 saturated carbocycles. The third-order valence-electron chi connectivity index (χ3n) is 4.14. The van der Waals surface area contributed by atoms with Crippen LogP contribution in [-0.2, 0) is 29.4 Å². The number of ether oxygens (including phenoxy) is 2. The number of carbonyl (C=O) groups excluding carboxylic acids is 3. The second-order valence-corrected chi connectivity index (χ2v) is 6.00. The van der Waals surface area contributed by atoms with Gasteiger partial charge in [0.2, 0.25) is 0 Å². The number of halogens is 3. The van der Waals surface area contributed by atoms with Crippen LogP contribution in [-0.4, -0.2) is 47.5 Å². The minimum Gasteiger partial charge on any atom is -0.467 e. The van der Waals surface area contributed by atoms with Crippen molar-refractivity contribution in [1.82, 2.24) is 15.1 Å². The Morgan fingerprint density at radius 1 is 1.17 bits per heavy atom. The number of nitrogens with one attached hydrogen (secondary N) is 2. The molecule has 1 aromatic heterocycles. The number of para-hydroxylation sites is 1. The summed E-state index contributed by atoms with van der Waals surface area (Å²) in [5.41, 5.74) is -6.58. The Labute approximate surface area is 167 Å². The highest BCUT2D eigenvalue weighted by Crippen LogP contribution is 2.40. The van der Waals surface area contributed by atoms with Gasteiger partial charge in [-0.05, 0) is 26.0 Å². The first-order valence-corrected chi connectivity index (χ1v) is 8.53. The Hall–Kier alpha value is -3.57. The van der Waals surface area contributed by atoms with E-state index in [-0.39, 0.29) is 18.0 Å². The molecule has 0 aliphatic heterocycles. The van der Waals surface area contributed by atoms with Gasteiger partial charge >= 0.3 is 24.0 Å². The molecule has 1 unspecified atom stereocenters. The zero-order valence-electron chi connectivity index (χ0n) is 16.1. The van der Waals surface area contributed by atoms with Crippen LogP contribution in [0.15, 0.2) is 35.1 Å². The fourth-order valence-corrected chi connectivity index (χ4v) is 2.86.